The molecule has 0 bridgehead atoms. The number of esters is 1. The van der Waals surface area contributed by atoms with Crippen LogP contribution in [0.5, 0.6) is 0 Å². The Morgan fingerprint density at radius 2 is 1.68 bits per heavy atom. The van der Waals surface area contributed by atoms with Gasteiger partial charge in [0, 0.05) is 5.75 Å². The maximum Gasteiger partial charge on any atom is 0.391 e. The van der Waals surface area contributed by atoms with Gasteiger partial charge in [-0.1, -0.05) is 13.3 Å². The molecule has 0 saturated carbocycles. The first-order valence-electron chi connectivity index (χ1n) is 6.84. The molecular formula is C13H20F6O2S. The van der Waals surface area contributed by atoms with Crippen LogP contribution < -0.4 is 0 Å². The van der Waals surface area contributed by atoms with Crippen LogP contribution in [0, 0.1) is 5.92 Å². The maximum absolute atomic E-state index is 12.8. The van der Waals surface area contributed by atoms with Crippen LogP contribution in [0.2, 0.25) is 0 Å². The number of ether oxygens (including phenoxy) is 1. The Morgan fingerprint density at radius 3 is 2.09 bits per heavy atom. The molecule has 0 aromatic heterocycles. The van der Waals surface area contributed by atoms with Gasteiger partial charge in [-0.15, -0.1) is 11.8 Å². The molecule has 0 radical (unpaired) electrons. The predicted molar refractivity (Wildman–Crippen MR) is 72.6 cm³/mol. The average Bonchev–Trinajstić information content (AvgIpc) is 2.37. The Kier molecular flexibility index (Phi) is 9.26. The number of carbonyl (C=O) groups excluding carboxylic acids is 1. The molecule has 0 amide bonds. The third-order valence-electron chi connectivity index (χ3n) is 3.05. The molecule has 2 nitrogen and oxygen atoms in total. The molecule has 0 aliphatic rings. The SMILES string of the molecule is CCCC(CCC(SCCC(F)(F)F)C(=O)OC)C(F)(F)F. The number of methoxy groups -OCH3 is 1. The first-order valence-corrected chi connectivity index (χ1v) is 7.89. The van der Waals surface area contributed by atoms with Crippen molar-refractivity contribution < 1.29 is 35.9 Å². The van der Waals surface area contributed by atoms with Gasteiger partial charge in [0.25, 0.3) is 0 Å². The monoisotopic (exact) mass is 354 g/mol. The third kappa shape index (κ3) is 9.42. The average molecular weight is 354 g/mol. The van der Waals surface area contributed by atoms with E-state index in [2.05, 4.69) is 4.74 Å². The zero-order chi connectivity index (χ0) is 17.4. The quantitative estimate of drug-likeness (QED) is 0.432. The van der Waals surface area contributed by atoms with Crippen LogP contribution >= 0.6 is 11.8 Å². The van der Waals surface area contributed by atoms with Gasteiger partial charge in [0.1, 0.15) is 5.25 Å². The molecule has 0 spiro atoms. The van der Waals surface area contributed by atoms with Crippen LogP contribution in [0.3, 0.4) is 0 Å². The van der Waals surface area contributed by atoms with Gasteiger partial charge in [-0.3, -0.25) is 4.79 Å². The van der Waals surface area contributed by atoms with Gasteiger partial charge in [-0.25, -0.2) is 0 Å². The van der Waals surface area contributed by atoms with Gasteiger partial charge in [0.15, 0.2) is 0 Å². The highest BCUT2D eigenvalue weighted by Crippen LogP contribution is 2.35. The molecule has 0 rings (SSSR count). The van der Waals surface area contributed by atoms with Crippen molar-refractivity contribution in [1.82, 2.24) is 0 Å². The Hall–Kier alpha value is -0.600. The van der Waals surface area contributed by atoms with Crippen molar-refractivity contribution in [2.75, 3.05) is 12.9 Å². The highest BCUT2D eigenvalue weighted by atomic mass is 32.2. The lowest BCUT2D eigenvalue weighted by Crippen LogP contribution is -2.26. The van der Waals surface area contributed by atoms with Crippen LogP contribution in [0.15, 0.2) is 0 Å². The van der Waals surface area contributed by atoms with E-state index >= 15 is 0 Å². The van der Waals surface area contributed by atoms with Crippen LogP contribution in [-0.2, 0) is 9.53 Å². The minimum atomic E-state index is -4.37. The molecule has 2 unspecified atom stereocenters. The van der Waals surface area contributed by atoms with Crippen LogP contribution in [-0.4, -0.2) is 36.4 Å². The fourth-order valence-electron chi connectivity index (χ4n) is 1.89. The van der Waals surface area contributed by atoms with Gasteiger partial charge in [-0.05, 0) is 19.3 Å². The van der Waals surface area contributed by atoms with Crippen LogP contribution in [0.1, 0.15) is 39.0 Å². The largest absolute Gasteiger partial charge is 0.468 e. The molecule has 0 aliphatic carbocycles. The van der Waals surface area contributed by atoms with Crippen molar-refractivity contribution in [3.63, 3.8) is 0 Å². The third-order valence-corrected chi connectivity index (χ3v) is 4.32. The summed E-state index contributed by atoms with van der Waals surface area (Å²) in [6.45, 7) is 1.62. The van der Waals surface area contributed by atoms with Gasteiger partial charge < -0.3 is 4.74 Å². The lowest BCUT2D eigenvalue weighted by atomic mass is 9.96. The summed E-state index contributed by atoms with van der Waals surface area (Å²) < 4.78 is 79.0. The van der Waals surface area contributed by atoms with Crippen molar-refractivity contribution in [2.45, 2.75) is 56.6 Å². The number of alkyl halides is 6. The smallest absolute Gasteiger partial charge is 0.391 e. The van der Waals surface area contributed by atoms with E-state index in [0.29, 0.717) is 18.2 Å². The number of hydrogen-bond donors (Lipinski definition) is 0. The second-order valence-electron chi connectivity index (χ2n) is 4.85. The number of thioether (sulfide) groups is 1. The van der Waals surface area contributed by atoms with Crippen molar-refractivity contribution in [3.05, 3.63) is 0 Å². The minimum absolute atomic E-state index is 0.0649. The summed E-state index contributed by atoms with van der Waals surface area (Å²) in [4.78, 5) is 11.5. The summed E-state index contributed by atoms with van der Waals surface area (Å²) in [7, 11) is 1.06. The van der Waals surface area contributed by atoms with Gasteiger partial charge >= 0.3 is 18.3 Å². The predicted octanol–water partition coefficient (Wildman–Crippen LogP) is 4.97. The molecule has 9 heteroatoms. The first kappa shape index (κ1) is 21.4. The topological polar surface area (TPSA) is 26.3 Å². The Labute approximate surface area is 130 Å². The van der Waals surface area contributed by atoms with Crippen molar-refractivity contribution in [1.29, 1.82) is 0 Å². The molecule has 0 saturated heterocycles. The second kappa shape index (κ2) is 9.52. The molecule has 22 heavy (non-hydrogen) atoms. The van der Waals surface area contributed by atoms with E-state index in [0.717, 1.165) is 7.11 Å². The van der Waals surface area contributed by atoms with E-state index in [9.17, 15) is 31.1 Å². The zero-order valence-electron chi connectivity index (χ0n) is 12.4. The number of carbonyl (C=O) groups is 1. The Balaban J connectivity index is 4.55. The molecule has 2 atom stereocenters. The summed E-state index contributed by atoms with van der Waals surface area (Å²) in [6, 6.07) is 0. The first-order chi connectivity index (χ1) is 10.0. The number of halogens is 6. The minimum Gasteiger partial charge on any atom is -0.468 e. The van der Waals surface area contributed by atoms with E-state index < -0.39 is 35.9 Å². The van der Waals surface area contributed by atoms with Crippen LogP contribution in [0.25, 0.3) is 0 Å². The molecule has 0 aromatic rings. The van der Waals surface area contributed by atoms with E-state index in [4.69, 9.17) is 0 Å². The second-order valence-corrected chi connectivity index (χ2v) is 6.16. The van der Waals surface area contributed by atoms with E-state index in [1.807, 2.05) is 0 Å². The van der Waals surface area contributed by atoms with E-state index in [1.54, 1.807) is 6.92 Å². The summed E-state index contributed by atoms with van der Waals surface area (Å²) >= 11 is 0.690. The summed E-state index contributed by atoms with van der Waals surface area (Å²) in [5, 5.41) is -1.01. The van der Waals surface area contributed by atoms with Gasteiger partial charge in [0.05, 0.1) is 19.4 Å². The maximum atomic E-state index is 12.8. The summed E-state index contributed by atoms with van der Waals surface area (Å²) in [6.07, 6.45) is -9.99. The molecule has 0 N–H and O–H groups in total. The lowest BCUT2D eigenvalue weighted by molar-refractivity contribution is -0.178. The number of rotatable bonds is 9. The number of hydrogen-bond acceptors (Lipinski definition) is 3. The van der Waals surface area contributed by atoms with Crippen LogP contribution in [0.4, 0.5) is 26.3 Å². The molecule has 0 aromatic carbocycles. The Bertz CT molecular complexity index is 329. The van der Waals surface area contributed by atoms with Crippen molar-refractivity contribution in [3.8, 4) is 0 Å². The molecular weight excluding hydrogens is 334 g/mol. The zero-order valence-corrected chi connectivity index (χ0v) is 13.2. The highest BCUT2D eigenvalue weighted by Gasteiger charge is 2.39. The summed E-state index contributed by atoms with van der Waals surface area (Å²) in [5.74, 6) is -2.72. The lowest BCUT2D eigenvalue weighted by Gasteiger charge is -2.22. The Morgan fingerprint density at radius 1 is 1.09 bits per heavy atom. The highest BCUT2D eigenvalue weighted by molar-refractivity contribution is 8.00. The standard InChI is InChI=1S/C13H20F6O2S/c1-3-4-9(13(17,18)19)5-6-10(11(20)21-2)22-8-7-12(14,15)16/h9-10H,3-8H2,1-2H3. The van der Waals surface area contributed by atoms with Gasteiger partial charge in [-0.2, -0.15) is 26.3 Å². The fourth-order valence-corrected chi connectivity index (χ4v) is 3.06. The molecule has 0 fully saturated rings. The van der Waals surface area contributed by atoms with E-state index in [-0.39, 0.29) is 25.0 Å². The normalized spacial score (nSPS) is 15.5. The van der Waals surface area contributed by atoms with Crippen molar-refractivity contribution in [2.24, 2.45) is 5.92 Å². The summed E-state index contributed by atoms with van der Waals surface area (Å²) in [5.41, 5.74) is 0. The molecule has 132 valence electrons. The fraction of sp³-hybridized carbons (Fsp3) is 0.923. The van der Waals surface area contributed by atoms with Crippen molar-refractivity contribution >= 4 is 17.7 Å². The van der Waals surface area contributed by atoms with Gasteiger partial charge in [0.2, 0.25) is 0 Å². The molecule has 0 heterocycles. The van der Waals surface area contributed by atoms with E-state index in [1.165, 1.54) is 0 Å². The molecule has 0 aliphatic heterocycles.